The van der Waals surface area contributed by atoms with Crippen LogP contribution in [0.25, 0.3) is 0 Å². The van der Waals surface area contributed by atoms with Crippen LogP contribution in [0.5, 0.6) is 0 Å². The quantitative estimate of drug-likeness (QED) is 0.944. The monoisotopic (exact) mass is 300 g/mol. The van der Waals surface area contributed by atoms with E-state index in [0.29, 0.717) is 10.6 Å². The van der Waals surface area contributed by atoms with Crippen LogP contribution in [0, 0.1) is 5.82 Å². The highest BCUT2D eigenvalue weighted by atomic mass is 35.5. The Labute approximate surface area is 115 Å². The summed E-state index contributed by atoms with van der Waals surface area (Å²) < 4.78 is 38.8. The zero-order valence-electron chi connectivity index (χ0n) is 9.68. The van der Waals surface area contributed by atoms with Crippen LogP contribution in [0.1, 0.15) is 5.56 Å². The maximum absolute atomic E-state index is 12.7. The third kappa shape index (κ3) is 4.18. The van der Waals surface area contributed by atoms with Crippen molar-refractivity contribution in [3.05, 3.63) is 59.0 Å². The van der Waals surface area contributed by atoms with Gasteiger partial charge in [0.1, 0.15) is 11.6 Å². The SMILES string of the molecule is O=S(=O)(Cc1ccc(F)cc1)Nc1cc(Cl)ccn1. The fourth-order valence-electron chi connectivity index (χ4n) is 1.46. The van der Waals surface area contributed by atoms with E-state index in [0.717, 1.165) is 0 Å². The van der Waals surface area contributed by atoms with Gasteiger partial charge in [-0.25, -0.2) is 17.8 Å². The van der Waals surface area contributed by atoms with Crippen molar-refractivity contribution >= 4 is 27.4 Å². The zero-order chi connectivity index (χ0) is 13.9. The fraction of sp³-hybridized carbons (Fsp3) is 0.0833. The number of sulfonamides is 1. The zero-order valence-corrected chi connectivity index (χ0v) is 11.2. The Hall–Kier alpha value is -1.66. The average molecular weight is 301 g/mol. The molecule has 0 spiro atoms. The van der Waals surface area contributed by atoms with Crippen molar-refractivity contribution in [3.8, 4) is 0 Å². The summed E-state index contributed by atoms with van der Waals surface area (Å²) in [5, 5.41) is 0.384. The van der Waals surface area contributed by atoms with Crippen LogP contribution in [-0.4, -0.2) is 13.4 Å². The van der Waals surface area contributed by atoms with Gasteiger partial charge in [-0.1, -0.05) is 23.7 Å². The van der Waals surface area contributed by atoms with Gasteiger partial charge in [-0.3, -0.25) is 4.72 Å². The second kappa shape index (κ2) is 5.54. The molecule has 0 bridgehead atoms. The van der Waals surface area contributed by atoms with Gasteiger partial charge in [0.15, 0.2) is 0 Å². The minimum Gasteiger partial charge on any atom is -0.267 e. The predicted octanol–water partition coefficient (Wildman–Crippen LogP) is 2.82. The smallest absolute Gasteiger partial charge is 0.238 e. The molecular weight excluding hydrogens is 291 g/mol. The number of nitrogens with zero attached hydrogens (tertiary/aromatic N) is 1. The molecule has 2 rings (SSSR count). The molecule has 1 aromatic carbocycles. The first-order valence-corrected chi connectivity index (χ1v) is 7.34. The summed E-state index contributed by atoms with van der Waals surface area (Å²) in [4.78, 5) is 3.85. The van der Waals surface area contributed by atoms with Crippen LogP contribution in [-0.2, 0) is 15.8 Å². The average Bonchev–Trinajstić information content (AvgIpc) is 2.31. The van der Waals surface area contributed by atoms with Crippen molar-refractivity contribution in [2.24, 2.45) is 0 Å². The van der Waals surface area contributed by atoms with Gasteiger partial charge in [-0.05, 0) is 23.8 Å². The van der Waals surface area contributed by atoms with Crippen molar-refractivity contribution in [2.75, 3.05) is 4.72 Å². The molecule has 0 amide bonds. The summed E-state index contributed by atoms with van der Waals surface area (Å²) in [6.07, 6.45) is 1.40. The molecule has 2 aromatic rings. The normalized spacial score (nSPS) is 11.3. The molecule has 100 valence electrons. The van der Waals surface area contributed by atoms with E-state index in [1.807, 2.05) is 0 Å². The van der Waals surface area contributed by atoms with Crippen LogP contribution in [0.4, 0.5) is 10.2 Å². The highest BCUT2D eigenvalue weighted by molar-refractivity contribution is 7.91. The second-order valence-electron chi connectivity index (χ2n) is 3.85. The molecule has 0 fully saturated rings. The molecule has 4 nitrogen and oxygen atoms in total. The van der Waals surface area contributed by atoms with E-state index < -0.39 is 15.8 Å². The molecule has 0 unspecified atom stereocenters. The van der Waals surface area contributed by atoms with Gasteiger partial charge in [-0.2, -0.15) is 0 Å². The van der Waals surface area contributed by atoms with E-state index in [9.17, 15) is 12.8 Å². The molecule has 7 heteroatoms. The first-order valence-electron chi connectivity index (χ1n) is 5.31. The minimum absolute atomic E-state index is 0.148. The number of nitrogens with one attached hydrogen (secondary N) is 1. The van der Waals surface area contributed by atoms with Crippen LogP contribution < -0.4 is 4.72 Å². The van der Waals surface area contributed by atoms with E-state index in [1.54, 1.807) is 6.07 Å². The molecule has 0 aliphatic heterocycles. The van der Waals surface area contributed by atoms with Gasteiger partial charge in [0.25, 0.3) is 0 Å². The standard InChI is InChI=1S/C12H10ClFN2O2S/c13-10-5-6-15-12(7-10)16-19(17,18)8-9-1-3-11(14)4-2-9/h1-7H,8H2,(H,15,16). The molecular formula is C12H10ClFN2O2S. The number of anilines is 1. The highest BCUT2D eigenvalue weighted by Gasteiger charge is 2.12. The summed E-state index contributed by atoms with van der Waals surface area (Å²) in [7, 11) is -3.61. The Morgan fingerprint density at radius 3 is 2.53 bits per heavy atom. The number of pyridine rings is 1. The van der Waals surface area contributed by atoms with Crippen molar-refractivity contribution < 1.29 is 12.8 Å². The Morgan fingerprint density at radius 1 is 1.21 bits per heavy atom. The van der Waals surface area contributed by atoms with Crippen molar-refractivity contribution in [3.63, 3.8) is 0 Å². The van der Waals surface area contributed by atoms with Crippen LogP contribution in [0.2, 0.25) is 5.02 Å². The number of benzene rings is 1. The fourth-order valence-corrected chi connectivity index (χ4v) is 2.75. The lowest BCUT2D eigenvalue weighted by Crippen LogP contribution is -2.15. The highest BCUT2D eigenvalue weighted by Crippen LogP contribution is 2.15. The Bertz CT molecular complexity index is 674. The largest absolute Gasteiger partial charge is 0.267 e. The number of rotatable bonds is 4. The summed E-state index contributed by atoms with van der Waals surface area (Å²) in [5.41, 5.74) is 0.482. The van der Waals surface area contributed by atoms with E-state index in [1.165, 1.54) is 36.5 Å². The van der Waals surface area contributed by atoms with Gasteiger partial charge in [0.2, 0.25) is 10.0 Å². The molecule has 0 saturated heterocycles. The number of aromatic nitrogens is 1. The maximum atomic E-state index is 12.7. The number of halogens is 2. The molecule has 1 N–H and O–H groups in total. The lowest BCUT2D eigenvalue weighted by Gasteiger charge is -2.07. The summed E-state index contributed by atoms with van der Waals surface area (Å²) in [6, 6.07) is 8.20. The predicted molar refractivity (Wildman–Crippen MR) is 71.9 cm³/mol. The van der Waals surface area contributed by atoms with Gasteiger partial charge < -0.3 is 0 Å². The van der Waals surface area contributed by atoms with E-state index in [4.69, 9.17) is 11.6 Å². The van der Waals surface area contributed by atoms with Gasteiger partial charge in [0, 0.05) is 17.3 Å². The third-order valence-electron chi connectivity index (χ3n) is 2.25. The van der Waals surface area contributed by atoms with E-state index in [2.05, 4.69) is 9.71 Å². The molecule has 0 radical (unpaired) electrons. The van der Waals surface area contributed by atoms with E-state index in [-0.39, 0.29) is 11.6 Å². The summed E-state index contributed by atoms with van der Waals surface area (Å²) in [6.45, 7) is 0. The minimum atomic E-state index is -3.61. The van der Waals surface area contributed by atoms with Crippen molar-refractivity contribution in [1.82, 2.24) is 4.98 Å². The topological polar surface area (TPSA) is 59.1 Å². The lowest BCUT2D eigenvalue weighted by atomic mass is 10.2. The summed E-state index contributed by atoms with van der Waals surface area (Å²) in [5.74, 6) is -0.526. The van der Waals surface area contributed by atoms with Crippen LogP contribution in [0.15, 0.2) is 42.6 Å². The molecule has 1 aromatic heterocycles. The lowest BCUT2D eigenvalue weighted by molar-refractivity contribution is 0.599. The van der Waals surface area contributed by atoms with E-state index >= 15 is 0 Å². The molecule has 0 saturated carbocycles. The maximum Gasteiger partial charge on any atom is 0.238 e. The van der Waals surface area contributed by atoms with Gasteiger partial charge >= 0.3 is 0 Å². The molecule has 0 aliphatic rings. The Morgan fingerprint density at radius 2 is 1.89 bits per heavy atom. The van der Waals surface area contributed by atoms with Crippen LogP contribution >= 0.6 is 11.6 Å². The Kier molecular flexibility index (Phi) is 4.01. The van der Waals surface area contributed by atoms with Crippen LogP contribution in [0.3, 0.4) is 0 Å². The van der Waals surface area contributed by atoms with Gasteiger partial charge in [0.05, 0.1) is 5.75 Å². The van der Waals surface area contributed by atoms with Crippen molar-refractivity contribution in [1.29, 1.82) is 0 Å². The first kappa shape index (κ1) is 13.8. The van der Waals surface area contributed by atoms with Gasteiger partial charge in [-0.15, -0.1) is 0 Å². The summed E-state index contributed by atoms with van der Waals surface area (Å²) >= 11 is 5.73. The van der Waals surface area contributed by atoms with Crippen molar-refractivity contribution in [2.45, 2.75) is 5.75 Å². The second-order valence-corrected chi connectivity index (χ2v) is 6.01. The molecule has 19 heavy (non-hydrogen) atoms. The third-order valence-corrected chi connectivity index (χ3v) is 3.72. The molecule has 1 heterocycles. The number of hydrogen-bond donors (Lipinski definition) is 1. The number of hydrogen-bond acceptors (Lipinski definition) is 3. The Balaban J connectivity index is 2.13. The molecule has 0 aliphatic carbocycles. The molecule has 0 atom stereocenters. The first-order chi connectivity index (χ1) is 8.94.